The summed E-state index contributed by atoms with van der Waals surface area (Å²) in [5, 5.41) is 0. The van der Waals surface area contributed by atoms with Gasteiger partial charge in [0.05, 0.1) is 0 Å². The molecular formula is C16H30ClN3O. The van der Waals surface area contributed by atoms with Crippen molar-refractivity contribution in [1.29, 1.82) is 0 Å². The van der Waals surface area contributed by atoms with Crippen LogP contribution in [0.5, 0.6) is 0 Å². The molecule has 5 heteroatoms. The predicted octanol–water partition coefficient (Wildman–Crippen LogP) is 2.01. The van der Waals surface area contributed by atoms with Crippen LogP contribution in [0.3, 0.4) is 0 Å². The molecule has 1 saturated carbocycles. The van der Waals surface area contributed by atoms with Gasteiger partial charge in [0, 0.05) is 37.6 Å². The van der Waals surface area contributed by atoms with Crippen molar-refractivity contribution in [2.45, 2.75) is 69.5 Å². The summed E-state index contributed by atoms with van der Waals surface area (Å²) in [4.78, 5) is 17.2. The Kier molecular flexibility index (Phi) is 5.92. The number of nitrogens with two attached hydrogens (primary N) is 1. The van der Waals surface area contributed by atoms with E-state index in [1.54, 1.807) is 0 Å². The Balaban J connectivity index is 0.00000161. The SMILES string of the molecule is CN1C2CCC1CN(C(=O)CC1CCCCC1N)CC2.Cl. The van der Waals surface area contributed by atoms with Crippen molar-refractivity contribution in [2.24, 2.45) is 11.7 Å². The molecule has 0 radical (unpaired) electrons. The predicted molar refractivity (Wildman–Crippen MR) is 87.6 cm³/mol. The topological polar surface area (TPSA) is 49.6 Å². The average molecular weight is 316 g/mol. The first-order valence-electron chi connectivity index (χ1n) is 8.40. The third-order valence-corrected chi connectivity index (χ3v) is 5.91. The van der Waals surface area contributed by atoms with E-state index < -0.39 is 0 Å². The molecule has 0 aromatic carbocycles. The van der Waals surface area contributed by atoms with Gasteiger partial charge in [-0.15, -0.1) is 12.4 Å². The van der Waals surface area contributed by atoms with Crippen LogP contribution in [-0.4, -0.2) is 54.0 Å². The molecule has 3 aliphatic rings. The van der Waals surface area contributed by atoms with E-state index in [1.165, 1.54) is 25.7 Å². The van der Waals surface area contributed by atoms with E-state index in [0.717, 1.165) is 32.4 Å². The van der Waals surface area contributed by atoms with Gasteiger partial charge in [0.25, 0.3) is 0 Å². The Hall–Kier alpha value is -0.320. The summed E-state index contributed by atoms with van der Waals surface area (Å²) in [6.07, 6.45) is 9.14. The third-order valence-electron chi connectivity index (χ3n) is 5.91. The van der Waals surface area contributed by atoms with Crippen molar-refractivity contribution < 1.29 is 4.79 Å². The highest BCUT2D eigenvalue weighted by Crippen LogP contribution is 2.30. The first-order valence-corrected chi connectivity index (χ1v) is 8.40. The lowest BCUT2D eigenvalue weighted by atomic mass is 9.82. The van der Waals surface area contributed by atoms with Gasteiger partial charge in [-0.1, -0.05) is 12.8 Å². The molecule has 2 saturated heterocycles. The number of hydrogen-bond acceptors (Lipinski definition) is 3. The molecule has 2 aliphatic heterocycles. The van der Waals surface area contributed by atoms with Gasteiger partial charge in [-0.3, -0.25) is 9.69 Å². The Morgan fingerprint density at radius 2 is 1.81 bits per heavy atom. The van der Waals surface area contributed by atoms with Crippen molar-refractivity contribution in [3.63, 3.8) is 0 Å². The lowest BCUT2D eigenvalue weighted by molar-refractivity contribution is -0.133. The Labute approximate surface area is 134 Å². The zero-order chi connectivity index (χ0) is 14.1. The maximum absolute atomic E-state index is 12.6. The fourth-order valence-electron chi connectivity index (χ4n) is 4.38. The summed E-state index contributed by atoms with van der Waals surface area (Å²) in [6, 6.07) is 1.54. The van der Waals surface area contributed by atoms with E-state index in [9.17, 15) is 4.79 Å². The van der Waals surface area contributed by atoms with Crippen LogP contribution in [-0.2, 0) is 4.79 Å². The molecule has 4 atom stereocenters. The van der Waals surface area contributed by atoms with Crippen LogP contribution in [0.1, 0.15) is 51.4 Å². The number of halogens is 1. The van der Waals surface area contributed by atoms with E-state index in [1.807, 2.05) is 0 Å². The molecule has 0 aromatic rings. The first kappa shape index (κ1) is 17.0. The lowest BCUT2D eigenvalue weighted by Crippen LogP contribution is -2.42. The number of hydrogen-bond donors (Lipinski definition) is 1. The van der Waals surface area contributed by atoms with Crippen molar-refractivity contribution in [3.8, 4) is 0 Å². The Morgan fingerprint density at radius 3 is 2.57 bits per heavy atom. The highest BCUT2D eigenvalue weighted by atomic mass is 35.5. The summed E-state index contributed by atoms with van der Waals surface area (Å²) in [5.74, 6) is 0.780. The second-order valence-electron chi connectivity index (χ2n) is 7.09. The number of nitrogens with zero attached hydrogens (tertiary/aromatic N) is 2. The van der Waals surface area contributed by atoms with Gasteiger partial charge in [0.1, 0.15) is 0 Å². The fraction of sp³-hybridized carbons (Fsp3) is 0.938. The van der Waals surface area contributed by atoms with Crippen molar-refractivity contribution in [3.05, 3.63) is 0 Å². The fourth-order valence-corrected chi connectivity index (χ4v) is 4.38. The molecular weight excluding hydrogens is 286 g/mol. The smallest absolute Gasteiger partial charge is 0.222 e. The molecule has 0 spiro atoms. The van der Waals surface area contributed by atoms with Crippen LogP contribution in [0.2, 0.25) is 0 Å². The molecule has 4 nitrogen and oxygen atoms in total. The monoisotopic (exact) mass is 315 g/mol. The second-order valence-corrected chi connectivity index (χ2v) is 7.09. The van der Waals surface area contributed by atoms with Crippen molar-refractivity contribution in [2.75, 3.05) is 20.1 Å². The van der Waals surface area contributed by atoms with Crippen LogP contribution in [0.4, 0.5) is 0 Å². The highest BCUT2D eigenvalue weighted by molar-refractivity contribution is 5.85. The summed E-state index contributed by atoms with van der Waals surface area (Å²) in [5.41, 5.74) is 6.19. The summed E-state index contributed by atoms with van der Waals surface area (Å²) in [6.45, 7) is 1.89. The number of fused-ring (bicyclic) bond motifs is 2. The highest BCUT2D eigenvalue weighted by Gasteiger charge is 2.36. The number of carbonyl (C=O) groups is 1. The minimum absolute atomic E-state index is 0. The van der Waals surface area contributed by atoms with Crippen LogP contribution >= 0.6 is 12.4 Å². The van der Waals surface area contributed by atoms with Gasteiger partial charge in [-0.2, -0.15) is 0 Å². The number of amides is 1. The average Bonchev–Trinajstić information content (AvgIpc) is 2.66. The van der Waals surface area contributed by atoms with Gasteiger partial charge in [-0.25, -0.2) is 0 Å². The molecule has 1 amide bonds. The van der Waals surface area contributed by atoms with Crippen LogP contribution in [0.15, 0.2) is 0 Å². The van der Waals surface area contributed by atoms with Crippen LogP contribution in [0, 0.1) is 5.92 Å². The van der Waals surface area contributed by atoms with Crippen molar-refractivity contribution >= 4 is 18.3 Å². The standard InChI is InChI=1S/C16H29N3O.ClH/c1-18-13-6-7-14(18)11-19(9-8-13)16(20)10-12-4-2-3-5-15(12)17;/h12-15H,2-11,17H2,1H3;1H. The third kappa shape index (κ3) is 3.72. The van der Waals surface area contributed by atoms with E-state index in [4.69, 9.17) is 5.73 Å². The van der Waals surface area contributed by atoms with Crippen LogP contribution in [0.25, 0.3) is 0 Å². The number of likely N-dealkylation sites (tertiary alicyclic amines) is 1. The quantitative estimate of drug-likeness (QED) is 0.848. The molecule has 21 heavy (non-hydrogen) atoms. The molecule has 2 N–H and O–H groups in total. The molecule has 2 bridgehead atoms. The molecule has 3 fully saturated rings. The number of carbonyl (C=O) groups excluding carboxylic acids is 1. The largest absolute Gasteiger partial charge is 0.341 e. The number of rotatable bonds is 2. The molecule has 1 aliphatic carbocycles. The van der Waals surface area contributed by atoms with E-state index >= 15 is 0 Å². The zero-order valence-electron chi connectivity index (χ0n) is 13.2. The van der Waals surface area contributed by atoms with Crippen LogP contribution < -0.4 is 5.73 Å². The summed E-state index contributed by atoms with van der Waals surface area (Å²) in [7, 11) is 2.23. The first-order chi connectivity index (χ1) is 9.65. The van der Waals surface area contributed by atoms with Gasteiger partial charge >= 0.3 is 0 Å². The Morgan fingerprint density at radius 1 is 1.10 bits per heavy atom. The molecule has 3 rings (SSSR count). The van der Waals surface area contributed by atoms with E-state index in [2.05, 4.69) is 16.8 Å². The van der Waals surface area contributed by atoms with Gasteiger partial charge < -0.3 is 10.6 Å². The normalized spacial score (nSPS) is 37.0. The molecule has 4 unspecified atom stereocenters. The number of likely N-dealkylation sites (N-methyl/N-ethyl adjacent to an activating group) is 1. The molecule has 122 valence electrons. The van der Waals surface area contributed by atoms with E-state index in [0.29, 0.717) is 30.3 Å². The molecule has 0 aromatic heterocycles. The molecule has 2 heterocycles. The summed E-state index contributed by atoms with van der Waals surface area (Å²) >= 11 is 0. The minimum Gasteiger partial charge on any atom is -0.341 e. The second kappa shape index (κ2) is 7.30. The zero-order valence-corrected chi connectivity index (χ0v) is 14.0. The maximum atomic E-state index is 12.6. The minimum atomic E-state index is 0. The van der Waals surface area contributed by atoms with Gasteiger partial charge in [0.15, 0.2) is 0 Å². The van der Waals surface area contributed by atoms with Crippen molar-refractivity contribution in [1.82, 2.24) is 9.80 Å². The van der Waals surface area contributed by atoms with Gasteiger partial charge in [-0.05, 0) is 45.1 Å². The lowest BCUT2D eigenvalue weighted by Gasteiger charge is -2.31. The summed E-state index contributed by atoms with van der Waals surface area (Å²) < 4.78 is 0. The Bertz CT molecular complexity index is 365. The van der Waals surface area contributed by atoms with E-state index in [-0.39, 0.29) is 18.4 Å². The maximum Gasteiger partial charge on any atom is 0.222 e. The van der Waals surface area contributed by atoms with Gasteiger partial charge in [0.2, 0.25) is 5.91 Å².